The van der Waals surface area contributed by atoms with E-state index in [9.17, 15) is 49.5 Å². The van der Waals surface area contributed by atoms with Crippen molar-refractivity contribution in [3.05, 3.63) is 58.7 Å². The molecular formula is C33H34O13S. The number of methoxy groups -OCH3 is 1. The molecule has 2 aliphatic heterocycles. The Hall–Kier alpha value is -3.66. The second-order valence-corrected chi connectivity index (χ2v) is 14.1. The van der Waals surface area contributed by atoms with E-state index in [1.165, 1.54) is 50.2 Å². The van der Waals surface area contributed by atoms with E-state index < -0.39 is 123 Å². The van der Waals surface area contributed by atoms with Crippen molar-refractivity contribution < 1.29 is 63.7 Å². The molecule has 8 atom stereocenters. The van der Waals surface area contributed by atoms with Gasteiger partial charge >= 0.3 is 5.97 Å². The minimum Gasteiger partial charge on any atom is -0.507 e. The number of benzene rings is 2. The van der Waals surface area contributed by atoms with Gasteiger partial charge in [0.2, 0.25) is 11.6 Å². The SMILES string of the molecule is COC(=O)C[C@H]1C[C@@]2(S[C@@]34C[C@H](CCO)O[C@H](C)[C@@]3(O)C(=O)c3c(O)cccc3C4=O)C(=O)c3cccc(O)c3C(=O)[C@]2(O)[C@@H](C)O1. The number of aromatic hydroxyl groups is 2. The maximum atomic E-state index is 14.9. The molecule has 0 spiro atoms. The van der Waals surface area contributed by atoms with E-state index in [1.54, 1.807) is 0 Å². The summed E-state index contributed by atoms with van der Waals surface area (Å²) in [5, 5.41) is 56.5. The van der Waals surface area contributed by atoms with Crippen molar-refractivity contribution in [3.63, 3.8) is 0 Å². The van der Waals surface area contributed by atoms with Crippen molar-refractivity contribution in [1.29, 1.82) is 0 Å². The van der Waals surface area contributed by atoms with Gasteiger partial charge in [0.15, 0.2) is 22.8 Å². The van der Waals surface area contributed by atoms with Gasteiger partial charge in [0.05, 0.1) is 49.1 Å². The summed E-state index contributed by atoms with van der Waals surface area (Å²) in [5.41, 5.74) is -7.04. The van der Waals surface area contributed by atoms with Gasteiger partial charge in [-0.05, 0) is 45.2 Å². The fourth-order valence-corrected chi connectivity index (χ4v) is 10.2. The number of aliphatic hydroxyl groups excluding tert-OH is 1. The Morgan fingerprint density at radius 3 is 1.70 bits per heavy atom. The van der Waals surface area contributed by atoms with Gasteiger partial charge in [0.1, 0.15) is 21.0 Å². The highest BCUT2D eigenvalue weighted by Gasteiger charge is 2.78. The Bertz CT molecular complexity index is 1720. The Morgan fingerprint density at radius 2 is 1.26 bits per heavy atom. The number of carbonyl (C=O) groups is 5. The number of thioether (sulfide) groups is 1. The molecule has 2 saturated heterocycles. The first kappa shape index (κ1) is 33.2. The first-order valence-electron chi connectivity index (χ1n) is 15.1. The fraction of sp³-hybridized carbons (Fsp3) is 0.485. The van der Waals surface area contributed by atoms with Crippen molar-refractivity contribution in [2.45, 2.75) is 84.6 Å². The molecule has 0 saturated carbocycles. The van der Waals surface area contributed by atoms with Crippen LogP contribution in [0.25, 0.3) is 0 Å². The number of esters is 1. The molecule has 4 aliphatic rings. The van der Waals surface area contributed by atoms with Crippen LogP contribution in [0.5, 0.6) is 11.5 Å². The highest BCUT2D eigenvalue weighted by Crippen LogP contribution is 2.64. The van der Waals surface area contributed by atoms with Crippen LogP contribution in [0.2, 0.25) is 0 Å². The molecule has 2 aromatic carbocycles. The lowest BCUT2D eigenvalue weighted by Crippen LogP contribution is -2.79. The van der Waals surface area contributed by atoms with Gasteiger partial charge < -0.3 is 39.7 Å². The maximum absolute atomic E-state index is 14.9. The Labute approximate surface area is 272 Å². The number of hydrogen-bond donors (Lipinski definition) is 5. The number of carbonyl (C=O) groups excluding carboxylic acids is 5. The third-order valence-corrected chi connectivity index (χ3v) is 12.1. The molecule has 0 amide bonds. The lowest BCUT2D eigenvalue weighted by Gasteiger charge is -2.61. The summed E-state index contributed by atoms with van der Waals surface area (Å²) in [6, 6.07) is 7.58. The number of ether oxygens (including phenoxy) is 3. The van der Waals surface area contributed by atoms with Crippen molar-refractivity contribution in [3.8, 4) is 11.5 Å². The van der Waals surface area contributed by atoms with Gasteiger partial charge in [-0.1, -0.05) is 24.3 Å². The van der Waals surface area contributed by atoms with Crippen LogP contribution in [0.1, 0.15) is 81.0 Å². The van der Waals surface area contributed by atoms with Crippen LogP contribution in [-0.4, -0.2) is 113 Å². The minimum absolute atomic E-state index is 0.0393. The Morgan fingerprint density at radius 1 is 0.809 bits per heavy atom. The summed E-state index contributed by atoms with van der Waals surface area (Å²) in [7, 11) is 1.15. The van der Waals surface area contributed by atoms with E-state index in [0.717, 1.165) is 7.11 Å². The number of fused-ring (bicyclic) bond motifs is 4. The van der Waals surface area contributed by atoms with E-state index in [0.29, 0.717) is 11.8 Å². The molecule has 0 aromatic heterocycles. The topological polar surface area (TPSA) is 214 Å². The van der Waals surface area contributed by atoms with Crippen LogP contribution in [0, 0.1) is 0 Å². The molecular weight excluding hydrogens is 636 g/mol. The van der Waals surface area contributed by atoms with E-state index in [4.69, 9.17) is 14.2 Å². The second kappa shape index (κ2) is 11.2. The van der Waals surface area contributed by atoms with Gasteiger partial charge in [0, 0.05) is 17.7 Å². The first-order chi connectivity index (χ1) is 22.1. The monoisotopic (exact) mass is 670 g/mol. The quantitative estimate of drug-likeness (QED) is 0.276. The summed E-state index contributed by atoms with van der Waals surface area (Å²) in [6.07, 6.45) is -6.55. The molecule has 0 bridgehead atoms. The predicted octanol–water partition coefficient (Wildman–Crippen LogP) is 1.53. The summed E-state index contributed by atoms with van der Waals surface area (Å²) in [5.74, 6) is -5.84. The average molecular weight is 671 g/mol. The molecule has 5 N–H and O–H groups in total. The first-order valence-corrected chi connectivity index (χ1v) is 15.9. The number of Topliss-reactive ketones (excluding diaryl/α,β-unsaturated/α-hetero) is 4. The third kappa shape index (κ3) is 4.25. The predicted molar refractivity (Wildman–Crippen MR) is 163 cm³/mol. The molecule has 2 fully saturated rings. The number of ketones is 4. The normalized spacial score (nSPS) is 36.2. The number of aliphatic hydroxyl groups is 3. The molecule has 0 radical (unpaired) electrons. The summed E-state index contributed by atoms with van der Waals surface area (Å²) >= 11 is 0.442. The molecule has 2 aliphatic carbocycles. The van der Waals surface area contributed by atoms with Crippen LogP contribution in [0.4, 0.5) is 0 Å². The van der Waals surface area contributed by atoms with E-state index in [2.05, 4.69) is 0 Å². The smallest absolute Gasteiger partial charge is 0.308 e. The average Bonchev–Trinajstić information content (AvgIpc) is 3.02. The van der Waals surface area contributed by atoms with Crippen LogP contribution in [0.3, 0.4) is 0 Å². The molecule has 13 nitrogen and oxygen atoms in total. The largest absolute Gasteiger partial charge is 0.507 e. The number of hydrogen-bond acceptors (Lipinski definition) is 14. The van der Waals surface area contributed by atoms with Gasteiger partial charge in [-0.25, -0.2) is 0 Å². The van der Waals surface area contributed by atoms with Gasteiger partial charge in [-0.2, -0.15) is 0 Å². The van der Waals surface area contributed by atoms with E-state index in [1.807, 2.05) is 0 Å². The zero-order chi connectivity index (χ0) is 34.3. The maximum Gasteiger partial charge on any atom is 0.308 e. The minimum atomic E-state index is -2.81. The zero-order valence-electron chi connectivity index (χ0n) is 25.7. The molecule has 250 valence electrons. The van der Waals surface area contributed by atoms with Crippen molar-refractivity contribution in [1.82, 2.24) is 0 Å². The van der Waals surface area contributed by atoms with E-state index in [-0.39, 0.29) is 17.5 Å². The molecule has 14 heteroatoms. The zero-order valence-corrected chi connectivity index (χ0v) is 26.5. The lowest BCUT2D eigenvalue weighted by molar-refractivity contribution is -0.171. The van der Waals surface area contributed by atoms with Gasteiger partial charge in [0.25, 0.3) is 0 Å². The van der Waals surface area contributed by atoms with Crippen LogP contribution in [0.15, 0.2) is 36.4 Å². The lowest BCUT2D eigenvalue weighted by atomic mass is 9.63. The standard InChI is InChI=1S/C33H34O13S/c1-15-32(42)28(40)24-19(6-4-8-21(24)35)26(38)30(32,13-17(45-15)10-11-34)47-31-14-18(12-23(37)44-3)46-16(2)33(31,43)29(41)25-20(27(31)39)7-5-9-22(25)36/h4-9,15-18,34-36,42-43H,10-14H2,1-3H3/t15-,16-,17+,18+,30-,31-,32-,33-/m1/s1. The van der Waals surface area contributed by atoms with Crippen LogP contribution < -0.4 is 0 Å². The Balaban J connectivity index is 1.67. The van der Waals surface area contributed by atoms with Crippen molar-refractivity contribution in [2.24, 2.45) is 0 Å². The summed E-state index contributed by atoms with van der Waals surface area (Å²) < 4.78 is 12.0. The summed E-state index contributed by atoms with van der Waals surface area (Å²) in [4.78, 5) is 71.1. The van der Waals surface area contributed by atoms with Gasteiger partial charge in [-0.3, -0.25) is 24.0 Å². The molecule has 6 rings (SSSR count). The molecule has 47 heavy (non-hydrogen) atoms. The van der Waals surface area contributed by atoms with Crippen LogP contribution >= 0.6 is 11.8 Å². The number of phenols is 2. The molecule has 0 unspecified atom stereocenters. The van der Waals surface area contributed by atoms with Crippen LogP contribution in [-0.2, 0) is 19.0 Å². The van der Waals surface area contributed by atoms with Crippen molar-refractivity contribution >= 4 is 40.9 Å². The highest BCUT2D eigenvalue weighted by molar-refractivity contribution is 8.03. The fourth-order valence-electron chi connectivity index (χ4n) is 7.83. The van der Waals surface area contributed by atoms with Crippen molar-refractivity contribution in [2.75, 3.05) is 13.7 Å². The molecule has 2 heterocycles. The third-order valence-electron chi connectivity index (χ3n) is 10.1. The second-order valence-electron chi connectivity index (χ2n) is 12.5. The summed E-state index contributed by atoms with van der Waals surface area (Å²) in [6.45, 7) is 2.25. The number of phenolic OH excluding ortho intramolecular Hbond substituents is 2. The van der Waals surface area contributed by atoms with E-state index >= 15 is 0 Å². The number of rotatable bonds is 6. The highest BCUT2D eigenvalue weighted by atomic mass is 32.2. The Kier molecular flexibility index (Phi) is 7.93. The molecule has 2 aromatic rings. The van der Waals surface area contributed by atoms with Gasteiger partial charge in [-0.15, -0.1) is 11.8 Å².